The number of hydrogen-bond acceptors (Lipinski definition) is 6. The molecule has 0 amide bonds. The van der Waals surface area contributed by atoms with Gasteiger partial charge >= 0.3 is 0 Å². The summed E-state index contributed by atoms with van der Waals surface area (Å²) in [5, 5.41) is 13.0. The highest BCUT2D eigenvalue weighted by atomic mass is 16.5. The number of ether oxygens (including phenoxy) is 1. The van der Waals surface area contributed by atoms with Gasteiger partial charge in [-0.05, 0) is 26.7 Å². The number of aromatic nitrogens is 2. The summed E-state index contributed by atoms with van der Waals surface area (Å²) in [6, 6.07) is 1.94. The predicted molar refractivity (Wildman–Crippen MR) is 79.0 cm³/mol. The Balaban J connectivity index is 2.18. The first-order chi connectivity index (χ1) is 9.72. The number of β-amino-alcohol motifs (C(OH)–C–C–N with tert-alkyl or cyclic N) is 1. The van der Waals surface area contributed by atoms with Crippen LogP contribution in [0.2, 0.25) is 0 Å². The molecule has 2 rings (SSSR count). The summed E-state index contributed by atoms with van der Waals surface area (Å²) in [5.74, 6) is 2.36. The topological polar surface area (TPSA) is 70.5 Å². The Bertz CT molecular complexity index is 428. The highest BCUT2D eigenvalue weighted by Gasteiger charge is 2.20. The van der Waals surface area contributed by atoms with E-state index in [-0.39, 0.29) is 6.10 Å². The van der Waals surface area contributed by atoms with Gasteiger partial charge in [0, 0.05) is 32.3 Å². The average molecular weight is 280 g/mol. The van der Waals surface area contributed by atoms with E-state index in [9.17, 15) is 5.11 Å². The van der Waals surface area contributed by atoms with Crippen LogP contribution in [-0.2, 0) is 11.3 Å². The van der Waals surface area contributed by atoms with Crippen LogP contribution < -0.4 is 10.2 Å². The lowest BCUT2D eigenvalue weighted by molar-refractivity contribution is 0.128. The van der Waals surface area contributed by atoms with Crippen LogP contribution in [0.5, 0.6) is 0 Å². The Labute approximate surface area is 120 Å². The van der Waals surface area contributed by atoms with Gasteiger partial charge in [0.05, 0.1) is 6.10 Å². The molecule has 6 nitrogen and oxygen atoms in total. The van der Waals surface area contributed by atoms with Crippen LogP contribution in [0.1, 0.15) is 32.5 Å². The molecule has 6 heteroatoms. The Kier molecular flexibility index (Phi) is 5.55. The lowest BCUT2D eigenvalue weighted by atomic mass is 10.1. The predicted octanol–water partition coefficient (Wildman–Crippen LogP) is 1.41. The van der Waals surface area contributed by atoms with Crippen molar-refractivity contribution in [1.82, 2.24) is 9.97 Å². The lowest BCUT2D eigenvalue weighted by Crippen LogP contribution is -2.38. The van der Waals surface area contributed by atoms with Gasteiger partial charge in [-0.25, -0.2) is 9.97 Å². The summed E-state index contributed by atoms with van der Waals surface area (Å²) < 4.78 is 5.40. The van der Waals surface area contributed by atoms with Gasteiger partial charge in [0.25, 0.3) is 0 Å². The average Bonchev–Trinajstić information content (AvgIpc) is 2.45. The molecule has 0 bridgehead atoms. The summed E-state index contributed by atoms with van der Waals surface area (Å²) in [6.07, 6.45) is 1.59. The number of rotatable bonds is 6. The van der Waals surface area contributed by atoms with Crippen molar-refractivity contribution in [2.24, 2.45) is 0 Å². The second-order valence-corrected chi connectivity index (χ2v) is 4.94. The molecule has 2 N–H and O–H groups in total. The number of aliphatic hydroxyl groups excluding tert-OH is 1. The summed E-state index contributed by atoms with van der Waals surface area (Å²) in [4.78, 5) is 11.1. The SMILES string of the molecule is CCNc1cc(N2CCCC(O)C2)nc(COCC)n1. The van der Waals surface area contributed by atoms with Crippen LogP contribution >= 0.6 is 0 Å². The molecule has 0 aliphatic carbocycles. The van der Waals surface area contributed by atoms with Crippen molar-refractivity contribution < 1.29 is 9.84 Å². The maximum atomic E-state index is 9.80. The minimum atomic E-state index is -0.267. The van der Waals surface area contributed by atoms with Crippen molar-refractivity contribution in [2.75, 3.05) is 36.5 Å². The van der Waals surface area contributed by atoms with E-state index in [0.29, 0.717) is 25.6 Å². The Morgan fingerprint density at radius 1 is 1.45 bits per heavy atom. The van der Waals surface area contributed by atoms with Crippen molar-refractivity contribution in [2.45, 2.75) is 39.4 Å². The standard InChI is InChI=1S/C14H24N4O2/c1-3-15-12-8-14(17-13(16-12)10-20-4-2)18-7-5-6-11(19)9-18/h8,11,19H,3-7,9-10H2,1-2H3,(H,15,16,17). The van der Waals surface area contributed by atoms with Crippen molar-refractivity contribution in [1.29, 1.82) is 0 Å². The fourth-order valence-corrected chi connectivity index (χ4v) is 2.34. The molecule has 1 atom stereocenters. The molecule has 0 aromatic carbocycles. The summed E-state index contributed by atoms with van der Waals surface area (Å²) >= 11 is 0. The van der Waals surface area contributed by atoms with Crippen molar-refractivity contribution in [3.05, 3.63) is 11.9 Å². The van der Waals surface area contributed by atoms with Gasteiger partial charge in [0.15, 0.2) is 5.82 Å². The van der Waals surface area contributed by atoms with Gasteiger partial charge in [0.2, 0.25) is 0 Å². The van der Waals surface area contributed by atoms with Crippen LogP contribution in [0.3, 0.4) is 0 Å². The zero-order chi connectivity index (χ0) is 14.4. The Hall–Kier alpha value is -1.40. The number of piperidine rings is 1. The highest BCUT2D eigenvalue weighted by molar-refractivity contribution is 5.49. The van der Waals surface area contributed by atoms with E-state index in [4.69, 9.17) is 4.74 Å². The molecule has 1 fully saturated rings. The molecule has 1 unspecified atom stereocenters. The zero-order valence-corrected chi connectivity index (χ0v) is 12.3. The van der Waals surface area contributed by atoms with E-state index in [2.05, 4.69) is 20.2 Å². The molecule has 1 aliphatic heterocycles. The smallest absolute Gasteiger partial charge is 0.158 e. The van der Waals surface area contributed by atoms with Crippen LogP contribution in [0.25, 0.3) is 0 Å². The second kappa shape index (κ2) is 7.40. The van der Waals surface area contributed by atoms with Crippen molar-refractivity contribution in [3.63, 3.8) is 0 Å². The molecule has 0 radical (unpaired) electrons. The van der Waals surface area contributed by atoms with Gasteiger partial charge < -0.3 is 20.1 Å². The number of nitrogens with one attached hydrogen (secondary N) is 1. The monoisotopic (exact) mass is 280 g/mol. The third-order valence-electron chi connectivity index (χ3n) is 3.27. The number of nitrogens with zero attached hydrogens (tertiary/aromatic N) is 3. The van der Waals surface area contributed by atoms with Crippen molar-refractivity contribution >= 4 is 11.6 Å². The zero-order valence-electron chi connectivity index (χ0n) is 12.3. The summed E-state index contributed by atoms with van der Waals surface area (Å²) in [7, 11) is 0. The maximum absolute atomic E-state index is 9.80. The fraction of sp³-hybridized carbons (Fsp3) is 0.714. The first-order valence-electron chi connectivity index (χ1n) is 7.35. The second-order valence-electron chi connectivity index (χ2n) is 4.94. The van der Waals surface area contributed by atoms with Gasteiger partial charge in [-0.2, -0.15) is 0 Å². The molecule has 2 heterocycles. The molecular weight excluding hydrogens is 256 g/mol. The molecular formula is C14H24N4O2. The maximum Gasteiger partial charge on any atom is 0.158 e. The number of hydrogen-bond donors (Lipinski definition) is 2. The van der Waals surface area contributed by atoms with Crippen LogP contribution in [0.15, 0.2) is 6.07 Å². The summed E-state index contributed by atoms with van der Waals surface area (Å²) in [5.41, 5.74) is 0. The third-order valence-corrected chi connectivity index (χ3v) is 3.27. The normalized spacial score (nSPS) is 19.1. The third kappa shape index (κ3) is 4.05. The van der Waals surface area contributed by atoms with E-state index >= 15 is 0 Å². The minimum absolute atomic E-state index is 0.267. The molecule has 20 heavy (non-hydrogen) atoms. The quantitative estimate of drug-likeness (QED) is 0.821. The van der Waals surface area contributed by atoms with Crippen LogP contribution in [0.4, 0.5) is 11.6 Å². The summed E-state index contributed by atoms with van der Waals surface area (Å²) in [6.45, 7) is 7.42. The van der Waals surface area contributed by atoms with Crippen molar-refractivity contribution in [3.8, 4) is 0 Å². The molecule has 112 valence electrons. The number of aliphatic hydroxyl groups is 1. The first kappa shape index (κ1) is 15.0. The molecule has 0 saturated carbocycles. The van der Waals surface area contributed by atoms with Crippen LogP contribution in [0, 0.1) is 0 Å². The largest absolute Gasteiger partial charge is 0.391 e. The molecule has 1 aromatic rings. The lowest BCUT2D eigenvalue weighted by Gasteiger charge is -2.31. The van der Waals surface area contributed by atoms with E-state index < -0.39 is 0 Å². The van der Waals surface area contributed by atoms with E-state index in [1.807, 2.05) is 19.9 Å². The van der Waals surface area contributed by atoms with E-state index in [1.54, 1.807) is 0 Å². The Morgan fingerprint density at radius 2 is 2.30 bits per heavy atom. The fourth-order valence-electron chi connectivity index (χ4n) is 2.34. The first-order valence-corrected chi connectivity index (χ1v) is 7.35. The molecule has 1 aliphatic rings. The van der Waals surface area contributed by atoms with Gasteiger partial charge in [0.1, 0.15) is 18.2 Å². The van der Waals surface area contributed by atoms with Crippen LogP contribution in [-0.4, -0.2) is 47.4 Å². The molecule has 0 spiro atoms. The molecule has 1 aromatic heterocycles. The van der Waals surface area contributed by atoms with Gasteiger partial charge in [-0.1, -0.05) is 0 Å². The minimum Gasteiger partial charge on any atom is -0.391 e. The Morgan fingerprint density at radius 3 is 3.00 bits per heavy atom. The molecule has 1 saturated heterocycles. The van der Waals surface area contributed by atoms with E-state index in [0.717, 1.165) is 37.6 Å². The van der Waals surface area contributed by atoms with Gasteiger partial charge in [-0.15, -0.1) is 0 Å². The highest BCUT2D eigenvalue weighted by Crippen LogP contribution is 2.21. The number of anilines is 2. The van der Waals surface area contributed by atoms with E-state index in [1.165, 1.54) is 0 Å². The van der Waals surface area contributed by atoms with Gasteiger partial charge in [-0.3, -0.25) is 0 Å².